The number of aryl methyl sites for hydroxylation is 1. The summed E-state index contributed by atoms with van der Waals surface area (Å²) < 4.78 is 26.5. The number of hydrogen-bond acceptors (Lipinski definition) is 4. The van der Waals surface area contributed by atoms with Crippen LogP contribution >= 0.6 is 0 Å². The largest absolute Gasteiger partial charge is 0.313 e. The Morgan fingerprint density at radius 1 is 1.43 bits per heavy atom. The number of likely N-dealkylation sites (N-methyl/N-ethyl adjacent to an activating group) is 1. The molecule has 1 aromatic carbocycles. The molecule has 1 unspecified atom stereocenters. The molecule has 1 fully saturated rings. The summed E-state index contributed by atoms with van der Waals surface area (Å²) in [5.74, 6) is 0. The number of rotatable bonds is 4. The van der Waals surface area contributed by atoms with Gasteiger partial charge in [0.25, 0.3) is 0 Å². The molecule has 1 N–H and O–H groups in total. The second kappa shape index (κ2) is 6.56. The van der Waals surface area contributed by atoms with Crippen LogP contribution in [0.3, 0.4) is 0 Å². The molecular weight excluding hydrogens is 286 g/mol. The summed E-state index contributed by atoms with van der Waals surface area (Å²) in [5.41, 5.74) is 1.19. The van der Waals surface area contributed by atoms with Crippen molar-refractivity contribution < 1.29 is 8.42 Å². The molecule has 6 heteroatoms. The number of nitrogens with zero attached hydrogens (tertiary/aromatic N) is 2. The van der Waals surface area contributed by atoms with E-state index in [0.29, 0.717) is 17.7 Å². The monoisotopic (exact) mass is 307 g/mol. The van der Waals surface area contributed by atoms with Gasteiger partial charge in [-0.2, -0.15) is 9.57 Å². The molecule has 1 aromatic rings. The minimum Gasteiger partial charge on any atom is -0.313 e. The van der Waals surface area contributed by atoms with E-state index in [0.717, 1.165) is 25.8 Å². The molecule has 2 rings (SSSR count). The summed E-state index contributed by atoms with van der Waals surface area (Å²) in [6, 6.07) is 6.91. The summed E-state index contributed by atoms with van der Waals surface area (Å²) in [6.45, 7) is 3.18. The van der Waals surface area contributed by atoms with Gasteiger partial charge < -0.3 is 5.32 Å². The van der Waals surface area contributed by atoms with Gasteiger partial charge in [0, 0.05) is 19.6 Å². The minimum atomic E-state index is -3.50. The van der Waals surface area contributed by atoms with E-state index < -0.39 is 10.0 Å². The highest BCUT2D eigenvalue weighted by atomic mass is 32.2. The summed E-state index contributed by atoms with van der Waals surface area (Å²) in [6.07, 6.45) is 3.30. The third-order valence-corrected chi connectivity index (χ3v) is 5.74. The quantitative estimate of drug-likeness (QED) is 0.917. The Morgan fingerprint density at radius 3 is 2.76 bits per heavy atom. The maximum Gasteiger partial charge on any atom is 0.242 e. The Kier molecular flexibility index (Phi) is 4.99. The van der Waals surface area contributed by atoms with Gasteiger partial charge in [-0.15, -0.1) is 0 Å². The fraction of sp³-hybridized carbons (Fsp3) is 0.533. The molecule has 5 nitrogen and oxygen atoms in total. The van der Waals surface area contributed by atoms with Gasteiger partial charge in [0.15, 0.2) is 0 Å². The van der Waals surface area contributed by atoms with Crippen molar-refractivity contribution in [1.29, 1.82) is 5.26 Å². The molecule has 114 valence electrons. The Bertz CT molecular complexity index is 643. The van der Waals surface area contributed by atoms with E-state index in [1.165, 1.54) is 10.4 Å². The Morgan fingerprint density at radius 2 is 2.19 bits per heavy atom. The molecule has 0 amide bonds. The van der Waals surface area contributed by atoms with E-state index in [4.69, 9.17) is 5.26 Å². The Labute approximate surface area is 126 Å². The van der Waals surface area contributed by atoms with E-state index in [9.17, 15) is 8.42 Å². The number of sulfonamides is 1. The maximum atomic E-state index is 12.6. The molecule has 1 aliphatic heterocycles. The Hall–Kier alpha value is -1.42. The van der Waals surface area contributed by atoms with Crippen LogP contribution in [0.2, 0.25) is 0 Å². The molecule has 1 atom stereocenters. The van der Waals surface area contributed by atoms with Gasteiger partial charge in [-0.3, -0.25) is 0 Å². The van der Waals surface area contributed by atoms with E-state index in [2.05, 4.69) is 11.4 Å². The van der Waals surface area contributed by atoms with Crippen LogP contribution in [-0.4, -0.2) is 38.9 Å². The molecule has 1 saturated heterocycles. The van der Waals surface area contributed by atoms with Crippen molar-refractivity contribution in [3.8, 4) is 6.07 Å². The van der Waals surface area contributed by atoms with Crippen molar-refractivity contribution >= 4 is 10.0 Å². The lowest BCUT2D eigenvalue weighted by Gasteiger charge is -2.27. The van der Waals surface area contributed by atoms with Crippen LogP contribution in [0.4, 0.5) is 0 Å². The molecule has 0 spiro atoms. The average Bonchev–Trinajstić information content (AvgIpc) is 2.48. The lowest BCUT2D eigenvalue weighted by molar-refractivity contribution is 0.337. The van der Waals surface area contributed by atoms with Gasteiger partial charge in [0.1, 0.15) is 0 Å². The molecule has 0 aliphatic carbocycles. The fourth-order valence-corrected chi connectivity index (χ4v) is 3.89. The van der Waals surface area contributed by atoms with Crippen molar-refractivity contribution in [2.24, 2.45) is 0 Å². The van der Waals surface area contributed by atoms with Crippen LogP contribution in [-0.2, 0) is 10.0 Å². The first-order valence-corrected chi connectivity index (χ1v) is 8.59. The van der Waals surface area contributed by atoms with Gasteiger partial charge in [-0.25, -0.2) is 8.42 Å². The molecular formula is C15H21N3O2S. The molecule has 1 aliphatic rings. The van der Waals surface area contributed by atoms with Crippen LogP contribution in [0.5, 0.6) is 0 Å². The number of nitriles is 1. The molecule has 0 aromatic heterocycles. The van der Waals surface area contributed by atoms with Crippen LogP contribution in [0.15, 0.2) is 23.1 Å². The smallest absolute Gasteiger partial charge is 0.242 e. The van der Waals surface area contributed by atoms with Crippen LogP contribution in [0.1, 0.15) is 30.4 Å². The first-order valence-electron chi connectivity index (χ1n) is 7.15. The highest BCUT2D eigenvalue weighted by Gasteiger charge is 2.25. The van der Waals surface area contributed by atoms with E-state index >= 15 is 0 Å². The molecule has 0 radical (unpaired) electrons. The summed E-state index contributed by atoms with van der Waals surface area (Å²) >= 11 is 0. The van der Waals surface area contributed by atoms with Crippen LogP contribution < -0.4 is 5.32 Å². The first kappa shape index (κ1) is 16.0. The molecule has 1 heterocycles. The molecule has 21 heavy (non-hydrogen) atoms. The topological polar surface area (TPSA) is 73.2 Å². The van der Waals surface area contributed by atoms with Crippen LogP contribution in [0.25, 0.3) is 0 Å². The first-order chi connectivity index (χ1) is 9.95. The zero-order chi connectivity index (χ0) is 15.5. The SMILES string of the molecule is Cc1cc(S(=O)(=O)N(C)CC2CCCCN2)ccc1C#N. The molecule has 0 saturated carbocycles. The third kappa shape index (κ3) is 3.62. The summed E-state index contributed by atoms with van der Waals surface area (Å²) in [5, 5.41) is 12.3. The fourth-order valence-electron chi connectivity index (χ4n) is 2.59. The second-order valence-corrected chi connectivity index (χ2v) is 7.57. The van der Waals surface area contributed by atoms with Gasteiger partial charge in [-0.05, 0) is 50.1 Å². The highest BCUT2D eigenvalue weighted by molar-refractivity contribution is 7.89. The van der Waals surface area contributed by atoms with Gasteiger partial charge in [-0.1, -0.05) is 6.42 Å². The van der Waals surface area contributed by atoms with E-state index in [1.807, 2.05) is 0 Å². The lowest BCUT2D eigenvalue weighted by Crippen LogP contribution is -2.44. The van der Waals surface area contributed by atoms with Crippen molar-refractivity contribution in [1.82, 2.24) is 9.62 Å². The highest BCUT2D eigenvalue weighted by Crippen LogP contribution is 2.19. The number of hydrogen-bond donors (Lipinski definition) is 1. The maximum absolute atomic E-state index is 12.6. The third-order valence-electron chi connectivity index (χ3n) is 3.92. The van der Waals surface area contributed by atoms with Gasteiger partial charge >= 0.3 is 0 Å². The predicted molar refractivity (Wildman–Crippen MR) is 81.4 cm³/mol. The van der Waals surface area contributed by atoms with Gasteiger partial charge in [0.05, 0.1) is 16.5 Å². The zero-order valence-corrected chi connectivity index (χ0v) is 13.3. The average molecular weight is 307 g/mol. The summed E-state index contributed by atoms with van der Waals surface area (Å²) in [4.78, 5) is 0.248. The summed E-state index contributed by atoms with van der Waals surface area (Å²) in [7, 11) is -1.89. The van der Waals surface area contributed by atoms with Crippen molar-refractivity contribution in [3.63, 3.8) is 0 Å². The lowest BCUT2D eigenvalue weighted by atomic mass is 10.1. The number of benzene rings is 1. The van der Waals surface area contributed by atoms with E-state index in [-0.39, 0.29) is 10.9 Å². The van der Waals surface area contributed by atoms with Crippen molar-refractivity contribution in [3.05, 3.63) is 29.3 Å². The minimum absolute atomic E-state index is 0.220. The van der Waals surface area contributed by atoms with Gasteiger partial charge in [0.2, 0.25) is 10.0 Å². The standard InChI is InChI=1S/C15H21N3O2S/c1-12-9-15(7-6-13(12)10-16)21(19,20)18(2)11-14-5-3-4-8-17-14/h6-7,9,14,17H,3-5,8,11H2,1-2H3. The van der Waals surface area contributed by atoms with Crippen LogP contribution in [0, 0.1) is 18.3 Å². The number of nitrogens with one attached hydrogen (secondary N) is 1. The van der Waals surface area contributed by atoms with Crippen molar-refractivity contribution in [2.75, 3.05) is 20.1 Å². The van der Waals surface area contributed by atoms with Crippen molar-refractivity contribution in [2.45, 2.75) is 37.1 Å². The zero-order valence-electron chi connectivity index (χ0n) is 12.5. The predicted octanol–water partition coefficient (Wildman–Crippen LogP) is 1.63. The second-order valence-electron chi connectivity index (χ2n) is 5.52. The van der Waals surface area contributed by atoms with E-state index in [1.54, 1.807) is 26.1 Å². The Balaban J connectivity index is 2.16. The normalized spacial score (nSPS) is 19.4. The number of piperidine rings is 1. The molecule has 0 bridgehead atoms.